The molecule has 1 heterocycles. The SMILES string of the molecule is CCCC(CNC1CC1)N1CCCC(C)(OC)C1. The van der Waals surface area contributed by atoms with Crippen LogP contribution < -0.4 is 5.32 Å². The first-order chi connectivity index (χ1) is 8.67. The Hall–Kier alpha value is -0.120. The molecule has 1 aliphatic heterocycles. The highest BCUT2D eigenvalue weighted by molar-refractivity contribution is 4.90. The molecule has 0 radical (unpaired) electrons. The maximum atomic E-state index is 5.71. The first-order valence-corrected chi connectivity index (χ1v) is 7.69. The van der Waals surface area contributed by atoms with Crippen molar-refractivity contribution in [1.29, 1.82) is 0 Å². The highest BCUT2D eigenvalue weighted by atomic mass is 16.5. The van der Waals surface area contributed by atoms with Crippen molar-refractivity contribution in [1.82, 2.24) is 10.2 Å². The van der Waals surface area contributed by atoms with Gasteiger partial charge in [0.25, 0.3) is 0 Å². The number of hydrogen-bond donors (Lipinski definition) is 1. The third-order valence-corrected chi connectivity index (χ3v) is 4.54. The maximum absolute atomic E-state index is 5.71. The van der Waals surface area contributed by atoms with E-state index in [-0.39, 0.29) is 5.60 Å². The Kier molecular flexibility index (Phi) is 5.05. The molecule has 1 aliphatic carbocycles. The number of rotatable bonds is 7. The summed E-state index contributed by atoms with van der Waals surface area (Å²) in [7, 11) is 1.86. The smallest absolute Gasteiger partial charge is 0.0777 e. The van der Waals surface area contributed by atoms with Gasteiger partial charge in [-0.05, 0) is 45.6 Å². The van der Waals surface area contributed by atoms with Crippen LogP contribution in [-0.2, 0) is 4.74 Å². The van der Waals surface area contributed by atoms with Crippen LogP contribution >= 0.6 is 0 Å². The van der Waals surface area contributed by atoms with Crippen LogP contribution in [0.3, 0.4) is 0 Å². The van der Waals surface area contributed by atoms with Crippen molar-refractivity contribution in [3.05, 3.63) is 0 Å². The molecular weight excluding hydrogens is 224 g/mol. The van der Waals surface area contributed by atoms with Crippen LogP contribution in [0.1, 0.15) is 52.4 Å². The van der Waals surface area contributed by atoms with Gasteiger partial charge in [-0.15, -0.1) is 0 Å². The second-order valence-electron chi connectivity index (χ2n) is 6.35. The Morgan fingerprint density at radius 3 is 2.83 bits per heavy atom. The van der Waals surface area contributed by atoms with Gasteiger partial charge in [0.15, 0.2) is 0 Å². The van der Waals surface area contributed by atoms with Gasteiger partial charge < -0.3 is 10.1 Å². The first kappa shape index (κ1) is 14.3. The Morgan fingerprint density at radius 2 is 2.22 bits per heavy atom. The highest BCUT2D eigenvalue weighted by Gasteiger charge is 2.34. The fourth-order valence-electron chi connectivity index (χ4n) is 3.06. The van der Waals surface area contributed by atoms with Crippen LogP contribution in [0.4, 0.5) is 0 Å². The number of likely N-dealkylation sites (tertiary alicyclic amines) is 1. The number of ether oxygens (including phenoxy) is 1. The Bertz CT molecular complexity index is 255. The molecule has 1 N–H and O–H groups in total. The van der Waals surface area contributed by atoms with Crippen LogP contribution in [0, 0.1) is 0 Å². The Balaban J connectivity index is 1.86. The number of nitrogens with one attached hydrogen (secondary N) is 1. The van der Waals surface area contributed by atoms with Gasteiger partial charge in [-0.2, -0.15) is 0 Å². The predicted molar refractivity (Wildman–Crippen MR) is 75.9 cm³/mol. The first-order valence-electron chi connectivity index (χ1n) is 7.69. The van der Waals surface area contributed by atoms with E-state index in [1.165, 1.54) is 45.1 Å². The lowest BCUT2D eigenvalue weighted by atomic mass is 9.93. The fourth-order valence-corrected chi connectivity index (χ4v) is 3.06. The minimum absolute atomic E-state index is 0.0732. The summed E-state index contributed by atoms with van der Waals surface area (Å²) in [6.45, 7) is 8.06. The van der Waals surface area contributed by atoms with Gasteiger partial charge in [0.1, 0.15) is 0 Å². The van der Waals surface area contributed by atoms with Crippen molar-refractivity contribution in [2.45, 2.75) is 70.1 Å². The molecule has 0 aromatic carbocycles. The minimum atomic E-state index is 0.0732. The molecule has 3 nitrogen and oxygen atoms in total. The second kappa shape index (κ2) is 6.36. The maximum Gasteiger partial charge on any atom is 0.0777 e. The van der Waals surface area contributed by atoms with E-state index in [4.69, 9.17) is 4.74 Å². The van der Waals surface area contributed by atoms with Gasteiger partial charge in [-0.3, -0.25) is 4.90 Å². The predicted octanol–water partition coefficient (Wildman–Crippen LogP) is 2.41. The summed E-state index contributed by atoms with van der Waals surface area (Å²) in [6.07, 6.45) is 7.82. The van der Waals surface area contributed by atoms with Gasteiger partial charge in [0.2, 0.25) is 0 Å². The highest BCUT2D eigenvalue weighted by Crippen LogP contribution is 2.26. The summed E-state index contributed by atoms with van der Waals surface area (Å²) in [4.78, 5) is 2.66. The van der Waals surface area contributed by atoms with Crippen LogP contribution in [0.25, 0.3) is 0 Å². The summed E-state index contributed by atoms with van der Waals surface area (Å²) in [5.74, 6) is 0. The van der Waals surface area contributed by atoms with Crippen molar-refractivity contribution in [3.8, 4) is 0 Å². The molecule has 18 heavy (non-hydrogen) atoms. The zero-order valence-corrected chi connectivity index (χ0v) is 12.4. The van der Waals surface area contributed by atoms with E-state index in [0.29, 0.717) is 6.04 Å². The van der Waals surface area contributed by atoms with Crippen molar-refractivity contribution >= 4 is 0 Å². The van der Waals surface area contributed by atoms with E-state index in [9.17, 15) is 0 Å². The molecule has 0 amide bonds. The quantitative estimate of drug-likeness (QED) is 0.755. The lowest BCUT2D eigenvalue weighted by Crippen LogP contribution is -2.53. The minimum Gasteiger partial charge on any atom is -0.377 e. The third-order valence-electron chi connectivity index (χ3n) is 4.54. The summed E-state index contributed by atoms with van der Waals surface area (Å²) >= 11 is 0. The second-order valence-corrected chi connectivity index (χ2v) is 6.35. The Labute approximate surface area is 112 Å². The molecule has 0 aromatic heterocycles. The number of methoxy groups -OCH3 is 1. The summed E-state index contributed by atoms with van der Waals surface area (Å²) in [5, 5.41) is 3.70. The lowest BCUT2D eigenvalue weighted by molar-refractivity contribution is -0.0618. The molecule has 3 heteroatoms. The third kappa shape index (κ3) is 3.94. The normalized spacial score (nSPS) is 31.5. The van der Waals surface area contributed by atoms with Crippen LogP contribution in [0.5, 0.6) is 0 Å². The molecule has 2 aliphatic rings. The molecule has 106 valence electrons. The fraction of sp³-hybridized carbons (Fsp3) is 1.00. The van der Waals surface area contributed by atoms with E-state index < -0.39 is 0 Å². The van der Waals surface area contributed by atoms with Crippen LogP contribution in [-0.4, -0.2) is 49.3 Å². The van der Waals surface area contributed by atoms with Crippen molar-refractivity contribution < 1.29 is 4.74 Å². The summed E-state index contributed by atoms with van der Waals surface area (Å²) in [5.41, 5.74) is 0.0732. The summed E-state index contributed by atoms with van der Waals surface area (Å²) < 4.78 is 5.71. The van der Waals surface area contributed by atoms with Crippen molar-refractivity contribution in [2.24, 2.45) is 0 Å². The van der Waals surface area contributed by atoms with E-state index in [1.807, 2.05) is 7.11 Å². The number of hydrogen-bond acceptors (Lipinski definition) is 3. The molecule has 1 saturated carbocycles. The topological polar surface area (TPSA) is 24.5 Å². The molecule has 2 unspecified atom stereocenters. The zero-order chi connectivity index (χ0) is 13.0. The molecule has 0 spiro atoms. The standard InChI is InChI=1S/C15H30N2O/c1-4-6-14(11-16-13-7-8-13)17-10-5-9-15(2,12-17)18-3/h13-14,16H,4-12H2,1-3H3. The summed E-state index contributed by atoms with van der Waals surface area (Å²) in [6, 6.07) is 1.52. The van der Waals surface area contributed by atoms with E-state index in [2.05, 4.69) is 24.1 Å². The van der Waals surface area contributed by atoms with Gasteiger partial charge >= 0.3 is 0 Å². The average Bonchev–Trinajstić information content (AvgIpc) is 3.18. The van der Waals surface area contributed by atoms with E-state index in [0.717, 1.165) is 19.1 Å². The van der Waals surface area contributed by atoms with Crippen LogP contribution in [0.15, 0.2) is 0 Å². The molecule has 1 saturated heterocycles. The van der Waals surface area contributed by atoms with E-state index in [1.54, 1.807) is 0 Å². The molecular formula is C15H30N2O. The van der Waals surface area contributed by atoms with Crippen molar-refractivity contribution in [2.75, 3.05) is 26.7 Å². The number of piperidine rings is 1. The molecule has 2 atom stereocenters. The largest absolute Gasteiger partial charge is 0.377 e. The van der Waals surface area contributed by atoms with Gasteiger partial charge in [-0.25, -0.2) is 0 Å². The average molecular weight is 254 g/mol. The van der Waals surface area contributed by atoms with E-state index >= 15 is 0 Å². The van der Waals surface area contributed by atoms with Gasteiger partial charge in [0, 0.05) is 32.3 Å². The van der Waals surface area contributed by atoms with Crippen molar-refractivity contribution in [3.63, 3.8) is 0 Å². The Morgan fingerprint density at radius 1 is 1.44 bits per heavy atom. The van der Waals surface area contributed by atoms with Crippen LogP contribution in [0.2, 0.25) is 0 Å². The zero-order valence-electron chi connectivity index (χ0n) is 12.4. The molecule has 2 fully saturated rings. The number of nitrogens with zero attached hydrogens (tertiary/aromatic N) is 1. The van der Waals surface area contributed by atoms with Gasteiger partial charge in [-0.1, -0.05) is 13.3 Å². The lowest BCUT2D eigenvalue weighted by Gasteiger charge is -2.43. The molecule has 2 rings (SSSR count). The molecule has 0 bridgehead atoms. The molecule has 0 aromatic rings. The van der Waals surface area contributed by atoms with Gasteiger partial charge in [0.05, 0.1) is 5.60 Å². The monoisotopic (exact) mass is 254 g/mol.